The normalized spacial score (nSPS) is 10.6. The van der Waals surface area contributed by atoms with Crippen LogP contribution in [0.15, 0.2) is 54.6 Å². The number of carbonyl (C=O) groups is 1. The van der Waals surface area contributed by atoms with Gasteiger partial charge >= 0.3 is 0 Å². The molecule has 0 aliphatic heterocycles. The fourth-order valence-corrected chi connectivity index (χ4v) is 2.92. The van der Waals surface area contributed by atoms with E-state index in [1.165, 1.54) is 0 Å². The number of nitrogens with one attached hydrogen (secondary N) is 2. The van der Waals surface area contributed by atoms with Crippen molar-refractivity contribution in [1.29, 1.82) is 0 Å². The van der Waals surface area contributed by atoms with Crippen LogP contribution in [0, 0.1) is 6.92 Å². The van der Waals surface area contributed by atoms with Crippen LogP contribution in [0.1, 0.15) is 17.7 Å². The number of halogens is 1. The molecule has 0 aliphatic carbocycles. The third-order valence-corrected chi connectivity index (χ3v) is 4.61. The van der Waals surface area contributed by atoms with Gasteiger partial charge in [0, 0.05) is 28.9 Å². The number of amides is 1. The molecule has 2 N–H and O–H groups in total. The van der Waals surface area contributed by atoms with Gasteiger partial charge in [-0.05, 0) is 42.7 Å². The monoisotopic (exact) mass is 368 g/mol. The predicted molar refractivity (Wildman–Crippen MR) is 106 cm³/mol. The average Bonchev–Trinajstić information content (AvgIpc) is 3.12. The zero-order valence-electron chi connectivity index (χ0n) is 14.8. The van der Waals surface area contributed by atoms with Gasteiger partial charge in [-0.15, -0.1) is 0 Å². The fourth-order valence-electron chi connectivity index (χ4n) is 2.76. The second kappa shape index (κ2) is 8.11. The Morgan fingerprint density at radius 3 is 2.65 bits per heavy atom. The van der Waals surface area contributed by atoms with Crippen LogP contribution in [-0.4, -0.2) is 18.0 Å². The van der Waals surface area contributed by atoms with Gasteiger partial charge in [-0.2, -0.15) is 0 Å². The zero-order valence-corrected chi connectivity index (χ0v) is 15.6. The Bertz CT molecular complexity index is 904. The van der Waals surface area contributed by atoms with Crippen LogP contribution in [0.4, 0.5) is 5.69 Å². The largest absolute Gasteiger partial charge is 0.495 e. The van der Waals surface area contributed by atoms with Crippen LogP contribution < -0.4 is 10.1 Å². The van der Waals surface area contributed by atoms with E-state index in [1.807, 2.05) is 43.3 Å². The lowest BCUT2D eigenvalue weighted by atomic mass is 10.2. The van der Waals surface area contributed by atoms with Crippen LogP contribution in [-0.2, 0) is 11.2 Å². The summed E-state index contributed by atoms with van der Waals surface area (Å²) in [7, 11) is 1.56. The molecule has 134 valence electrons. The Morgan fingerprint density at radius 2 is 1.92 bits per heavy atom. The molecule has 1 heterocycles. The van der Waals surface area contributed by atoms with E-state index in [9.17, 15) is 4.79 Å². The molecule has 0 saturated heterocycles. The van der Waals surface area contributed by atoms with Gasteiger partial charge < -0.3 is 15.0 Å². The summed E-state index contributed by atoms with van der Waals surface area (Å²) >= 11 is 6.10. The highest BCUT2D eigenvalue weighted by molar-refractivity contribution is 6.31. The standard InChI is InChI=1S/C21H21ClN2O2/c1-14-12-19(20(26-2)13-17(14)22)24-21(25)11-9-16-8-10-18(23-16)15-6-4-3-5-7-15/h3-8,10,12-13,23H,9,11H2,1-2H3,(H,24,25). The number of rotatable bonds is 6. The Labute approximate surface area is 158 Å². The van der Waals surface area contributed by atoms with Gasteiger partial charge in [-0.3, -0.25) is 4.79 Å². The molecule has 4 nitrogen and oxygen atoms in total. The molecule has 5 heteroatoms. The first-order valence-corrected chi connectivity index (χ1v) is 8.82. The minimum atomic E-state index is -0.0686. The summed E-state index contributed by atoms with van der Waals surface area (Å²) in [4.78, 5) is 15.7. The van der Waals surface area contributed by atoms with E-state index in [0.29, 0.717) is 29.3 Å². The lowest BCUT2D eigenvalue weighted by molar-refractivity contribution is -0.116. The maximum Gasteiger partial charge on any atom is 0.224 e. The zero-order chi connectivity index (χ0) is 18.5. The highest BCUT2D eigenvalue weighted by atomic mass is 35.5. The Hall–Kier alpha value is -2.72. The Morgan fingerprint density at radius 1 is 1.15 bits per heavy atom. The van der Waals surface area contributed by atoms with Crippen molar-refractivity contribution in [2.75, 3.05) is 12.4 Å². The van der Waals surface area contributed by atoms with Gasteiger partial charge in [0.15, 0.2) is 0 Å². The fraction of sp³-hybridized carbons (Fsp3) is 0.190. The van der Waals surface area contributed by atoms with Gasteiger partial charge in [-0.1, -0.05) is 41.9 Å². The van der Waals surface area contributed by atoms with Crippen LogP contribution >= 0.6 is 11.6 Å². The number of hydrogen-bond acceptors (Lipinski definition) is 2. The summed E-state index contributed by atoms with van der Waals surface area (Å²) in [5, 5.41) is 3.51. The molecule has 3 rings (SSSR count). The van der Waals surface area contributed by atoms with Crippen molar-refractivity contribution >= 4 is 23.2 Å². The van der Waals surface area contributed by atoms with E-state index < -0.39 is 0 Å². The van der Waals surface area contributed by atoms with Gasteiger partial charge in [0.2, 0.25) is 5.91 Å². The van der Waals surface area contributed by atoms with Gasteiger partial charge in [0.25, 0.3) is 0 Å². The SMILES string of the molecule is COc1cc(Cl)c(C)cc1NC(=O)CCc1ccc(-c2ccccc2)[nH]1. The van der Waals surface area contributed by atoms with E-state index in [2.05, 4.69) is 22.4 Å². The Balaban J connectivity index is 1.62. The third kappa shape index (κ3) is 4.27. The number of aryl methyl sites for hydroxylation is 2. The molecule has 1 amide bonds. The number of anilines is 1. The first-order valence-electron chi connectivity index (χ1n) is 8.44. The second-order valence-electron chi connectivity index (χ2n) is 6.11. The number of methoxy groups -OCH3 is 1. The molecule has 2 aromatic carbocycles. The molecule has 3 aromatic rings. The number of benzene rings is 2. The summed E-state index contributed by atoms with van der Waals surface area (Å²) in [6.45, 7) is 1.89. The molecule has 1 aromatic heterocycles. The number of carbonyl (C=O) groups excluding carboxylic acids is 1. The molecule has 0 aliphatic rings. The number of aromatic nitrogens is 1. The van der Waals surface area contributed by atoms with Crippen LogP contribution in [0.5, 0.6) is 5.75 Å². The van der Waals surface area contributed by atoms with Crippen molar-refractivity contribution in [3.05, 3.63) is 70.9 Å². The summed E-state index contributed by atoms with van der Waals surface area (Å²) in [6, 6.07) is 17.7. The second-order valence-corrected chi connectivity index (χ2v) is 6.52. The van der Waals surface area contributed by atoms with Crippen molar-refractivity contribution in [2.45, 2.75) is 19.8 Å². The van der Waals surface area contributed by atoms with Crippen molar-refractivity contribution in [1.82, 2.24) is 4.98 Å². The summed E-state index contributed by atoms with van der Waals surface area (Å²) in [5.41, 5.74) is 4.73. The number of ether oxygens (including phenoxy) is 1. The molecular formula is C21H21ClN2O2. The van der Waals surface area contributed by atoms with E-state index >= 15 is 0 Å². The predicted octanol–water partition coefficient (Wildman–Crippen LogP) is 5.22. The highest BCUT2D eigenvalue weighted by Gasteiger charge is 2.11. The lowest BCUT2D eigenvalue weighted by Crippen LogP contribution is -2.13. The molecule has 0 unspecified atom stereocenters. The molecule has 0 spiro atoms. The smallest absolute Gasteiger partial charge is 0.224 e. The number of H-pyrrole nitrogens is 1. The van der Waals surface area contributed by atoms with E-state index in [1.54, 1.807) is 13.2 Å². The van der Waals surface area contributed by atoms with Crippen molar-refractivity contribution in [2.24, 2.45) is 0 Å². The average molecular weight is 369 g/mol. The van der Waals surface area contributed by atoms with E-state index in [4.69, 9.17) is 16.3 Å². The summed E-state index contributed by atoms with van der Waals surface area (Å²) < 4.78 is 5.29. The summed E-state index contributed by atoms with van der Waals surface area (Å²) in [5.74, 6) is 0.487. The van der Waals surface area contributed by atoms with E-state index in [0.717, 1.165) is 22.5 Å². The minimum absolute atomic E-state index is 0.0686. The molecule has 0 bridgehead atoms. The number of aromatic amines is 1. The van der Waals surface area contributed by atoms with Crippen molar-refractivity contribution < 1.29 is 9.53 Å². The van der Waals surface area contributed by atoms with Crippen LogP contribution in [0.25, 0.3) is 11.3 Å². The number of hydrogen-bond donors (Lipinski definition) is 2. The van der Waals surface area contributed by atoms with Crippen molar-refractivity contribution in [3.8, 4) is 17.0 Å². The first-order chi connectivity index (χ1) is 12.6. The van der Waals surface area contributed by atoms with E-state index in [-0.39, 0.29) is 5.91 Å². The Kier molecular flexibility index (Phi) is 5.64. The first kappa shape index (κ1) is 18.1. The molecule has 0 radical (unpaired) electrons. The minimum Gasteiger partial charge on any atom is -0.495 e. The van der Waals surface area contributed by atoms with Gasteiger partial charge in [-0.25, -0.2) is 0 Å². The maximum atomic E-state index is 12.3. The molecule has 0 atom stereocenters. The van der Waals surface area contributed by atoms with Crippen LogP contribution in [0.3, 0.4) is 0 Å². The van der Waals surface area contributed by atoms with Gasteiger partial charge in [0.05, 0.1) is 12.8 Å². The van der Waals surface area contributed by atoms with Gasteiger partial charge in [0.1, 0.15) is 5.75 Å². The molecule has 0 fully saturated rings. The van der Waals surface area contributed by atoms with Crippen molar-refractivity contribution in [3.63, 3.8) is 0 Å². The summed E-state index contributed by atoms with van der Waals surface area (Å²) in [6.07, 6.45) is 1.01. The highest BCUT2D eigenvalue weighted by Crippen LogP contribution is 2.31. The molecular weight excluding hydrogens is 348 g/mol. The van der Waals surface area contributed by atoms with Crippen LogP contribution in [0.2, 0.25) is 5.02 Å². The quantitative estimate of drug-likeness (QED) is 0.626. The molecule has 0 saturated carbocycles. The maximum absolute atomic E-state index is 12.3. The lowest BCUT2D eigenvalue weighted by Gasteiger charge is -2.12. The third-order valence-electron chi connectivity index (χ3n) is 4.21. The topological polar surface area (TPSA) is 54.1 Å². The molecule has 26 heavy (non-hydrogen) atoms.